The Hall–Kier alpha value is -1.30. The predicted molar refractivity (Wildman–Crippen MR) is 75.0 cm³/mol. The van der Waals surface area contributed by atoms with Crippen LogP contribution in [0.5, 0.6) is 0 Å². The topological polar surface area (TPSA) is 0 Å². The first kappa shape index (κ1) is 12.2. The molecule has 1 aromatic rings. The standard InChI is InChI=1S/C17H22/c1-14(2)17(12-8-5-9-13-17)15(3)16-10-6-4-7-11-16/h4-12,14-15H,13H2,1-3H3. The fraction of sp³-hybridized carbons (Fsp3) is 0.412. The summed E-state index contributed by atoms with van der Waals surface area (Å²) in [6.07, 6.45) is 10.2. The summed E-state index contributed by atoms with van der Waals surface area (Å²) in [5, 5.41) is 0. The van der Waals surface area contributed by atoms with Gasteiger partial charge in [0.2, 0.25) is 0 Å². The number of rotatable bonds is 3. The summed E-state index contributed by atoms with van der Waals surface area (Å²) in [5.41, 5.74) is 1.72. The van der Waals surface area contributed by atoms with Gasteiger partial charge >= 0.3 is 0 Å². The van der Waals surface area contributed by atoms with Gasteiger partial charge in [0, 0.05) is 5.41 Å². The summed E-state index contributed by atoms with van der Waals surface area (Å²) in [6.45, 7) is 7.03. The summed E-state index contributed by atoms with van der Waals surface area (Å²) in [4.78, 5) is 0. The third kappa shape index (κ3) is 2.22. The van der Waals surface area contributed by atoms with Crippen LogP contribution in [0.1, 0.15) is 38.7 Å². The van der Waals surface area contributed by atoms with E-state index in [-0.39, 0.29) is 5.41 Å². The maximum Gasteiger partial charge on any atom is 0.000835 e. The molecule has 2 rings (SSSR count). The van der Waals surface area contributed by atoms with Gasteiger partial charge in [-0.3, -0.25) is 0 Å². The number of hydrogen-bond donors (Lipinski definition) is 0. The molecule has 0 aromatic heterocycles. The van der Waals surface area contributed by atoms with Crippen molar-refractivity contribution in [2.45, 2.75) is 33.1 Å². The molecule has 1 aliphatic carbocycles. The smallest absolute Gasteiger partial charge is 0.000835 e. The second-order valence-electron chi connectivity index (χ2n) is 5.39. The molecular weight excluding hydrogens is 204 g/mol. The van der Waals surface area contributed by atoms with Crippen molar-refractivity contribution in [2.24, 2.45) is 11.3 Å². The molecule has 0 saturated carbocycles. The maximum absolute atomic E-state index is 2.41. The molecule has 1 aromatic carbocycles. The zero-order valence-electron chi connectivity index (χ0n) is 11.1. The van der Waals surface area contributed by atoms with E-state index in [1.54, 1.807) is 0 Å². The second-order valence-corrected chi connectivity index (χ2v) is 5.39. The Morgan fingerprint density at radius 1 is 1.00 bits per heavy atom. The minimum absolute atomic E-state index is 0.274. The lowest BCUT2D eigenvalue weighted by atomic mass is 9.63. The van der Waals surface area contributed by atoms with Crippen molar-refractivity contribution in [1.29, 1.82) is 0 Å². The van der Waals surface area contributed by atoms with Gasteiger partial charge in [0.15, 0.2) is 0 Å². The predicted octanol–water partition coefficient (Wildman–Crippen LogP) is 4.95. The van der Waals surface area contributed by atoms with Gasteiger partial charge in [0.05, 0.1) is 0 Å². The first-order chi connectivity index (χ1) is 8.17. The van der Waals surface area contributed by atoms with Crippen molar-refractivity contribution in [3.05, 3.63) is 60.2 Å². The highest BCUT2D eigenvalue weighted by molar-refractivity contribution is 5.28. The zero-order chi connectivity index (χ0) is 12.3. The molecule has 90 valence electrons. The highest BCUT2D eigenvalue weighted by Crippen LogP contribution is 2.47. The molecule has 0 spiro atoms. The Balaban J connectivity index is 2.35. The number of benzene rings is 1. The first-order valence-corrected chi connectivity index (χ1v) is 6.56. The van der Waals surface area contributed by atoms with Gasteiger partial charge in [-0.25, -0.2) is 0 Å². The van der Waals surface area contributed by atoms with Gasteiger partial charge in [0.25, 0.3) is 0 Å². The maximum atomic E-state index is 2.41. The van der Waals surface area contributed by atoms with Crippen LogP contribution in [0.2, 0.25) is 0 Å². The highest BCUT2D eigenvalue weighted by Gasteiger charge is 2.37. The molecule has 17 heavy (non-hydrogen) atoms. The summed E-state index contributed by atoms with van der Waals surface area (Å²) in [5.74, 6) is 1.21. The van der Waals surface area contributed by atoms with E-state index in [0.29, 0.717) is 11.8 Å². The SMILES string of the molecule is CC(C)C1(C(C)c2ccccc2)C=CC=CC1. The minimum Gasteiger partial charge on any atom is -0.0837 e. The van der Waals surface area contributed by atoms with Gasteiger partial charge in [-0.15, -0.1) is 0 Å². The van der Waals surface area contributed by atoms with Crippen LogP contribution in [0.4, 0.5) is 0 Å². The van der Waals surface area contributed by atoms with Crippen LogP contribution in [0.3, 0.4) is 0 Å². The molecule has 1 aliphatic rings. The first-order valence-electron chi connectivity index (χ1n) is 6.56. The Morgan fingerprint density at radius 2 is 1.71 bits per heavy atom. The lowest BCUT2D eigenvalue weighted by molar-refractivity contribution is 0.219. The minimum atomic E-state index is 0.274. The van der Waals surface area contributed by atoms with Gasteiger partial charge in [-0.1, -0.05) is 75.4 Å². The largest absolute Gasteiger partial charge is 0.0837 e. The molecule has 2 unspecified atom stereocenters. The Labute approximate surface area is 105 Å². The van der Waals surface area contributed by atoms with E-state index >= 15 is 0 Å². The van der Waals surface area contributed by atoms with E-state index in [1.807, 2.05) is 0 Å². The third-order valence-corrected chi connectivity index (χ3v) is 4.31. The fourth-order valence-corrected chi connectivity index (χ4v) is 2.95. The summed E-state index contributed by atoms with van der Waals surface area (Å²) in [6, 6.07) is 10.9. The molecule has 0 saturated heterocycles. The molecule has 0 aliphatic heterocycles. The lowest BCUT2D eigenvalue weighted by Crippen LogP contribution is -2.31. The van der Waals surface area contributed by atoms with Crippen LogP contribution < -0.4 is 0 Å². The number of hydrogen-bond acceptors (Lipinski definition) is 0. The van der Waals surface area contributed by atoms with Gasteiger partial charge in [0.1, 0.15) is 0 Å². The monoisotopic (exact) mass is 226 g/mol. The number of allylic oxidation sites excluding steroid dienone is 4. The summed E-state index contributed by atoms with van der Waals surface area (Å²) < 4.78 is 0. The summed E-state index contributed by atoms with van der Waals surface area (Å²) >= 11 is 0. The molecule has 0 fully saturated rings. The van der Waals surface area contributed by atoms with Crippen molar-refractivity contribution in [3.63, 3.8) is 0 Å². The van der Waals surface area contributed by atoms with Gasteiger partial charge in [-0.05, 0) is 23.8 Å². The molecule has 0 nitrogen and oxygen atoms in total. The van der Waals surface area contributed by atoms with Crippen molar-refractivity contribution >= 4 is 0 Å². The molecule has 0 bridgehead atoms. The van der Waals surface area contributed by atoms with Crippen LogP contribution in [0.25, 0.3) is 0 Å². The molecule has 0 heteroatoms. The molecular formula is C17H22. The van der Waals surface area contributed by atoms with Gasteiger partial charge < -0.3 is 0 Å². The average molecular weight is 226 g/mol. The van der Waals surface area contributed by atoms with Gasteiger partial charge in [-0.2, -0.15) is 0 Å². The third-order valence-electron chi connectivity index (χ3n) is 4.31. The van der Waals surface area contributed by atoms with E-state index in [1.165, 1.54) is 5.56 Å². The Morgan fingerprint density at radius 3 is 2.24 bits per heavy atom. The molecule has 0 amide bonds. The van der Waals surface area contributed by atoms with Crippen molar-refractivity contribution in [3.8, 4) is 0 Å². The Bertz CT molecular complexity index is 411. The van der Waals surface area contributed by atoms with Crippen molar-refractivity contribution < 1.29 is 0 Å². The van der Waals surface area contributed by atoms with E-state index in [4.69, 9.17) is 0 Å². The van der Waals surface area contributed by atoms with Crippen LogP contribution in [-0.4, -0.2) is 0 Å². The van der Waals surface area contributed by atoms with E-state index < -0.39 is 0 Å². The van der Waals surface area contributed by atoms with Crippen molar-refractivity contribution in [2.75, 3.05) is 0 Å². The van der Waals surface area contributed by atoms with Crippen LogP contribution in [-0.2, 0) is 0 Å². The average Bonchev–Trinajstić information content (AvgIpc) is 2.39. The van der Waals surface area contributed by atoms with Crippen LogP contribution in [0, 0.1) is 11.3 Å². The summed E-state index contributed by atoms with van der Waals surface area (Å²) in [7, 11) is 0. The zero-order valence-corrected chi connectivity index (χ0v) is 11.1. The second kappa shape index (κ2) is 4.91. The Kier molecular flexibility index (Phi) is 3.51. The lowest BCUT2D eigenvalue weighted by Gasteiger charge is -2.41. The normalized spacial score (nSPS) is 25.2. The van der Waals surface area contributed by atoms with Crippen molar-refractivity contribution in [1.82, 2.24) is 0 Å². The molecule has 2 atom stereocenters. The highest BCUT2D eigenvalue weighted by atomic mass is 14.4. The van der Waals surface area contributed by atoms with Crippen LogP contribution >= 0.6 is 0 Å². The fourth-order valence-electron chi connectivity index (χ4n) is 2.95. The molecule has 0 radical (unpaired) electrons. The van der Waals surface area contributed by atoms with E-state index in [2.05, 4.69) is 75.4 Å². The van der Waals surface area contributed by atoms with E-state index in [0.717, 1.165) is 6.42 Å². The molecule has 0 N–H and O–H groups in total. The van der Waals surface area contributed by atoms with Crippen LogP contribution in [0.15, 0.2) is 54.6 Å². The van der Waals surface area contributed by atoms with E-state index in [9.17, 15) is 0 Å². The quantitative estimate of drug-likeness (QED) is 0.684. The molecule has 0 heterocycles.